The molecule has 3 rings (SSSR count). The standard InChI is InChI=1S/C16H19BrO/c1-11-15-9-13(17)4-3-12(15)10-16(11)7-5-14(18-2)6-8-16/h3-4,9,14H,1,5-8,10H2,2H3. The summed E-state index contributed by atoms with van der Waals surface area (Å²) in [6.07, 6.45) is 6.41. The summed E-state index contributed by atoms with van der Waals surface area (Å²) in [5, 5.41) is 0. The number of rotatable bonds is 1. The number of halogens is 1. The highest BCUT2D eigenvalue weighted by Crippen LogP contribution is 2.54. The maximum absolute atomic E-state index is 5.49. The van der Waals surface area contributed by atoms with Crippen molar-refractivity contribution in [1.82, 2.24) is 0 Å². The van der Waals surface area contributed by atoms with Crippen LogP contribution in [0.3, 0.4) is 0 Å². The van der Waals surface area contributed by atoms with Crippen molar-refractivity contribution in [3.8, 4) is 0 Å². The molecular weight excluding hydrogens is 288 g/mol. The van der Waals surface area contributed by atoms with Crippen molar-refractivity contribution in [2.45, 2.75) is 38.2 Å². The summed E-state index contributed by atoms with van der Waals surface area (Å²) < 4.78 is 6.65. The molecule has 0 N–H and O–H groups in total. The van der Waals surface area contributed by atoms with Crippen LogP contribution < -0.4 is 0 Å². The van der Waals surface area contributed by atoms with Crippen LogP contribution in [-0.4, -0.2) is 13.2 Å². The third-order valence-corrected chi connectivity index (χ3v) is 5.28. The van der Waals surface area contributed by atoms with Gasteiger partial charge in [-0.25, -0.2) is 0 Å². The van der Waals surface area contributed by atoms with Gasteiger partial charge in [0, 0.05) is 11.6 Å². The molecule has 0 heterocycles. The van der Waals surface area contributed by atoms with E-state index >= 15 is 0 Å². The Labute approximate surface area is 117 Å². The highest BCUT2D eigenvalue weighted by atomic mass is 79.9. The Hall–Kier alpha value is -0.600. The van der Waals surface area contributed by atoms with Gasteiger partial charge in [-0.2, -0.15) is 0 Å². The molecule has 2 aliphatic rings. The highest BCUT2D eigenvalue weighted by molar-refractivity contribution is 9.10. The Morgan fingerprint density at radius 2 is 2.06 bits per heavy atom. The summed E-state index contributed by atoms with van der Waals surface area (Å²) in [7, 11) is 1.83. The van der Waals surface area contributed by atoms with E-state index in [-0.39, 0.29) is 0 Å². The number of hydrogen-bond donors (Lipinski definition) is 0. The molecule has 0 radical (unpaired) electrons. The summed E-state index contributed by atoms with van der Waals surface area (Å²) in [6.45, 7) is 4.40. The lowest BCUT2D eigenvalue weighted by Crippen LogP contribution is -2.30. The zero-order valence-electron chi connectivity index (χ0n) is 10.8. The van der Waals surface area contributed by atoms with Crippen LogP contribution in [0.25, 0.3) is 5.57 Å². The van der Waals surface area contributed by atoms with Crippen molar-refractivity contribution >= 4 is 21.5 Å². The van der Waals surface area contributed by atoms with Gasteiger partial charge >= 0.3 is 0 Å². The summed E-state index contributed by atoms with van der Waals surface area (Å²) in [4.78, 5) is 0. The second kappa shape index (κ2) is 4.50. The molecule has 96 valence electrons. The third-order valence-electron chi connectivity index (χ3n) is 4.79. The molecule has 1 nitrogen and oxygen atoms in total. The number of methoxy groups -OCH3 is 1. The zero-order chi connectivity index (χ0) is 12.8. The molecule has 0 bridgehead atoms. The fourth-order valence-corrected chi connectivity index (χ4v) is 3.96. The predicted molar refractivity (Wildman–Crippen MR) is 78.6 cm³/mol. The zero-order valence-corrected chi connectivity index (χ0v) is 12.4. The van der Waals surface area contributed by atoms with E-state index in [1.165, 1.54) is 48.8 Å². The van der Waals surface area contributed by atoms with E-state index in [1.807, 2.05) is 7.11 Å². The topological polar surface area (TPSA) is 9.23 Å². The molecule has 0 unspecified atom stereocenters. The number of hydrogen-bond acceptors (Lipinski definition) is 1. The van der Waals surface area contributed by atoms with E-state index < -0.39 is 0 Å². The average Bonchev–Trinajstić information content (AvgIpc) is 2.65. The second-order valence-electron chi connectivity index (χ2n) is 5.67. The van der Waals surface area contributed by atoms with Crippen LogP contribution in [0.15, 0.2) is 29.3 Å². The van der Waals surface area contributed by atoms with Gasteiger partial charge in [0.1, 0.15) is 0 Å². The molecule has 1 aromatic rings. The summed E-state index contributed by atoms with van der Waals surface area (Å²) in [5.74, 6) is 0. The molecule has 1 fully saturated rings. The summed E-state index contributed by atoms with van der Waals surface area (Å²) in [6, 6.07) is 6.63. The Morgan fingerprint density at radius 1 is 1.33 bits per heavy atom. The first-order valence-electron chi connectivity index (χ1n) is 6.66. The summed E-state index contributed by atoms with van der Waals surface area (Å²) >= 11 is 3.56. The van der Waals surface area contributed by atoms with Crippen molar-refractivity contribution < 1.29 is 4.74 Å². The number of benzene rings is 1. The van der Waals surface area contributed by atoms with Crippen molar-refractivity contribution in [2.75, 3.05) is 7.11 Å². The van der Waals surface area contributed by atoms with Crippen LogP contribution in [0.1, 0.15) is 36.8 Å². The minimum absolute atomic E-state index is 0.318. The smallest absolute Gasteiger partial charge is 0.0572 e. The number of fused-ring (bicyclic) bond motifs is 1. The first-order valence-corrected chi connectivity index (χ1v) is 7.45. The number of ether oxygens (including phenoxy) is 1. The van der Waals surface area contributed by atoms with Gasteiger partial charge in [0.2, 0.25) is 0 Å². The van der Waals surface area contributed by atoms with Crippen LogP contribution in [-0.2, 0) is 11.2 Å². The Bertz CT molecular complexity index is 484. The molecule has 0 aromatic heterocycles. The lowest BCUT2D eigenvalue weighted by molar-refractivity contribution is 0.0448. The molecule has 1 aromatic carbocycles. The van der Waals surface area contributed by atoms with Gasteiger partial charge in [0.25, 0.3) is 0 Å². The highest BCUT2D eigenvalue weighted by Gasteiger charge is 2.43. The van der Waals surface area contributed by atoms with Crippen molar-refractivity contribution in [1.29, 1.82) is 0 Å². The molecule has 0 saturated heterocycles. The SMILES string of the molecule is C=C1c2cc(Br)ccc2CC12CCC(OC)CC2. The van der Waals surface area contributed by atoms with E-state index in [0.29, 0.717) is 11.5 Å². The summed E-state index contributed by atoms with van der Waals surface area (Å²) in [5.41, 5.74) is 4.52. The first-order chi connectivity index (χ1) is 8.64. The Balaban J connectivity index is 1.88. The van der Waals surface area contributed by atoms with E-state index in [4.69, 9.17) is 4.74 Å². The van der Waals surface area contributed by atoms with E-state index in [1.54, 1.807) is 0 Å². The van der Waals surface area contributed by atoms with Crippen molar-refractivity contribution in [3.63, 3.8) is 0 Å². The van der Waals surface area contributed by atoms with Crippen LogP contribution in [0.2, 0.25) is 0 Å². The van der Waals surface area contributed by atoms with Gasteiger partial charge in [-0.05, 0) is 66.4 Å². The molecule has 1 saturated carbocycles. The second-order valence-corrected chi connectivity index (χ2v) is 6.59. The van der Waals surface area contributed by atoms with E-state index in [9.17, 15) is 0 Å². The number of allylic oxidation sites excluding steroid dienone is 1. The van der Waals surface area contributed by atoms with Crippen LogP contribution in [0.4, 0.5) is 0 Å². The van der Waals surface area contributed by atoms with Gasteiger partial charge in [0.15, 0.2) is 0 Å². The van der Waals surface area contributed by atoms with Crippen molar-refractivity contribution in [3.05, 3.63) is 40.4 Å². The van der Waals surface area contributed by atoms with Crippen molar-refractivity contribution in [2.24, 2.45) is 5.41 Å². The largest absolute Gasteiger partial charge is 0.381 e. The van der Waals surface area contributed by atoms with Gasteiger partial charge < -0.3 is 4.74 Å². The molecule has 2 heteroatoms. The van der Waals surface area contributed by atoms with Gasteiger partial charge in [-0.3, -0.25) is 0 Å². The minimum atomic E-state index is 0.318. The van der Waals surface area contributed by atoms with Gasteiger partial charge in [0.05, 0.1) is 6.10 Å². The molecule has 0 aliphatic heterocycles. The molecule has 0 atom stereocenters. The van der Waals surface area contributed by atoms with Crippen LogP contribution >= 0.6 is 15.9 Å². The van der Waals surface area contributed by atoms with Gasteiger partial charge in [-0.1, -0.05) is 28.6 Å². The normalized spacial score (nSPS) is 30.8. The Morgan fingerprint density at radius 3 is 2.72 bits per heavy atom. The minimum Gasteiger partial charge on any atom is -0.381 e. The Kier molecular flexibility index (Phi) is 3.11. The molecule has 2 aliphatic carbocycles. The monoisotopic (exact) mass is 306 g/mol. The fourth-order valence-electron chi connectivity index (χ4n) is 3.60. The maximum Gasteiger partial charge on any atom is 0.0572 e. The third kappa shape index (κ3) is 1.86. The quantitative estimate of drug-likeness (QED) is 0.737. The predicted octanol–water partition coefficient (Wildman–Crippen LogP) is 4.59. The van der Waals surface area contributed by atoms with Crippen LogP contribution in [0, 0.1) is 5.41 Å². The molecule has 1 spiro atoms. The van der Waals surface area contributed by atoms with Crippen LogP contribution in [0.5, 0.6) is 0 Å². The fraction of sp³-hybridized carbons (Fsp3) is 0.500. The first kappa shape index (κ1) is 12.4. The average molecular weight is 307 g/mol. The van der Waals surface area contributed by atoms with E-state index in [2.05, 4.69) is 40.7 Å². The molecule has 0 amide bonds. The lowest BCUT2D eigenvalue weighted by Gasteiger charge is -2.37. The maximum atomic E-state index is 5.49. The van der Waals surface area contributed by atoms with Gasteiger partial charge in [-0.15, -0.1) is 0 Å². The molecular formula is C16H19BrO. The van der Waals surface area contributed by atoms with E-state index in [0.717, 1.165) is 4.47 Å². The molecule has 18 heavy (non-hydrogen) atoms. The lowest BCUT2D eigenvalue weighted by atomic mass is 9.69.